The number of methoxy groups -OCH3 is 3. The van der Waals surface area contributed by atoms with Crippen LogP contribution in [0.15, 0.2) is 12.1 Å². The largest absolute Gasteiger partial charge is 0.493 e. The first-order chi connectivity index (χ1) is 10.6. The molecule has 0 aliphatic rings. The summed E-state index contributed by atoms with van der Waals surface area (Å²) >= 11 is 0. The van der Waals surface area contributed by atoms with Gasteiger partial charge in [-0.2, -0.15) is 5.10 Å². The molecule has 0 aliphatic carbocycles. The number of aromatic nitrogens is 2. The predicted molar refractivity (Wildman–Crippen MR) is 80.1 cm³/mol. The average molecular weight is 306 g/mol. The zero-order valence-corrected chi connectivity index (χ0v) is 12.8. The predicted octanol–water partition coefficient (Wildman–Crippen LogP) is 1.01. The number of rotatable bonds is 5. The van der Waals surface area contributed by atoms with Crippen molar-refractivity contribution in [1.82, 2.24) is 15.6 Å². The van der Waals surface area contributed by atoms with Gasteiger partial charge in [0.25, 0.3) is 5.91 Å². The highest BCUT2D eigenvalue weighted by Gasteiger charge is 2.22. The van der Waals surface area contributed by atoms with Crippen LogP contribution in [0, 0.1) is 6.92 Å². The molecule has 0 bridgehead atoms. The zero-order valence-electron chi connectivity index (χ0n) is 12.8. The Bertz CT molecular complexity index is 671. The van der Waals surface area contributed by atoms with E-state index in [1.54, 1.807) is 19.1 Å². The number of hydrogen-bond acceptors (Lipinski definition) is 6. The molecule has 0 saturated heterocycles. The van der Waals surface area contributed by atoms with Gasteiger partial charge in [0.1, 0.15) is 5.69 Å². The maximum atomic E-state index is 11.9. The van der Waals surface area contributed by atoms with E-state index in [4.69, 9.17) is 20.1 Å². The molecule has 1 amide bonds. The van der Waals surface area contributed by atoms with Crippen molar-refractivity contribution in [3.63, 3.8) is 0 Å². The maximum absolute atomic E-state index is 11.9. The molecular weight excluding hydrogens is 288 g/mol. The smallest absolute Gasteiger partial charge is 0.269 e. The summed E-state index contributed by atoms with van der Waals surface area (Å²) in [5, 5.41) is 6.94. The molecular formula is C14H18N4O4. The van der Waals surface area contributed by atoms with Crippen LogP contribution in [0.1, 0.15) is 16.1 Å². The maximum Gasteiger partial charge on any atom is 0.269 e. The second-order valence-electron chi connectivity index (χ2n) is 4.46. The topological polar surface area (TPSA) is 111 Å². The summed E-state index contributed by atoms with van der Waals surface area (Å²) in [4.78, 5) is 11.9. The summed E-state index contributed by atoms with van der Waals surface area (Å²) in [6, 6.07) is 3.43. The van der Waals surface area contributed by atoms with Gasteiger partial charge in [0.05, 0.1) is 26.9 Å². The van der Waals surface area contributed by atoms with Gasteiger partial charge in [0.2, 0.25) is 5.75 Å². The molecule has 0 radical (unpaired) electrons. The third-order valence-electron chi connectivity index (χ3n) is 3.24. The molecule has 1 aromatic heterocycles. The van der Waals surface area contributed by atoms with Crippen molar-refractivity contribution < 1.29 is 19.0 Å². The van der Waals surface area contributed by atoms with Crippen LogP contribution >= 0.6 is 0 Å². The number of aryl methyl sites for hydroxylation is 1. The molecule has 0 unspecified atom stereocenters. The highest BCUT2D eigenvalue weighted by molar-refractivity contribution is 6.01. The summed E-state index contributed by atoms with van der Waals surface area (Å²) in [6.45, 7) is 1.74. The van der Waals surface area contributed by atoms with Gasteiger partial charge in [-0.3, -0.25) is 15.3 Å². The molecule has 8 nitrogen and oxygen atoms in total. The quantitative estimate of drug-likeness (QED) is 0.432. The number of nitrogens with one attached hydrogen (secondary N) is 2. The Morgan fingerprint density at radius 2 is 1.77 bits per heavy atom. The van der Waals surface area contributed by atoms with E-state index in [2.05, 4.69) is 15.6 Å². The van der Waals surface area contributed by atoms with Gasteiger partial charge >= 0.3 is 0 Å². The first kappa shape index (κ1) is 15.6. The number of ether oxygens (including phenoxy) is 3. The number of hydrazine groups is 1. The molecule has 118 valence electrons. The number of aromatic amines is 1. The second kappa shape index (κ2) is 6.35. The third kappa shape index (κ3) is 2.56. The summed E-state index contributed by atoms with van der Waals surface area (Å²) in [5.41, 5.74) is 4.15. The van der Waals surface area contributed by atoms with Crippen LogP contribution in [0.25, 0.3) is 11.3 Å². The van der Waals surface area contributed by atoms with E-state index < -0.39 is 5.91 Å². The summed E-state index contributed by atoms with van der Waals surface area (Å²) in [5.74, 6) is 6.19. The minimum atomic E-state index is -0.435. The molecule has 22 heavy (non-hydrogen) atoms. The van der Waals surface area contributed by atoms with E-state index in [0.29, 0.717) is 39.8 Å². The number of H-pyrrole nitrogens is 1. The second-order valence-corrected chi connectivity index (χ2v) is 4.46. The molecule has 0 fully saturated rings. The molecule has 1 aromatic carbocycles. The van der Waals surface area contributed by atoms with Gasteiger partial charge in [-0.25, -0.2) is 5.84 Å². The van der Waals surface area contributed by atoms with Gasteiger partial charge in [-0.05, 0) is 19.1 Å². The van der Waals surface area contributed by atoms with E-state index in [-0.39, 0.29) is 0 Å². The first-order valence-electron chi connectivity index (χ1n) is 6.43. The first-order valence-corrected chi connectivity index (χ1v) is 6.43. The average Bonchev–Trinajstić information content (AvgIpc) is 2.94. The minimum Gasteiger partial charge on any atom is -0.493 e. The third-order valence-corrected chi connectivity index (χ3v) is 3.24. The minimum absolute atomic E-state index is 0.358. The molecule has 0 aliphatic heterocycles. The van der Waals surface area contributed by atoms with Crippen molar-refractivity contribution in [2.45, 2.75) is 6.92 Å². The van der Waals surface area contributed by atoms with Crippen LogP contribution in [-0.2, 0) is 0 Å². The van der Waals surface area contributed by atoms with E-state index in [9.17, 15) is 4.79 Å². The molecule has 0 spiro atoms. The fourth-order valence-electron chi connectivity index (χ4n) is 2.21. The highest BCUT2D eigenvalue weighted by Crippen LogP contribution is 2.41. The highest BCUT2D eigenvalue weighted by atomic mass is 16.5. The lowest BCUT2D eigenvalue weighted by Gasteiger charge is -2.13. The van der Waals surface area contributed by atoms with Crippen molar-refractivity contribution in [2.75, 3.05) is 21.3 Å². The molecule has 1 heterocycles. The zero-order chi connectivity index (χ0) is 16.3. The fraction of sp³-hybridized carbons (Fsp3) is 0.286. The van der Waals surface area contributed by atoms with Gasteiger partial charge < -0.3 is 14.2 Å². The number of nitrogens with two attached hydrogens (primary N) is 1. The molecule has 4 N–H and O–H groups in total. The van der Waals surface area contributed by atoms with E-state index in [0.717, 1.165) is 0 Å². The van der Waals surface area contributed by atoms with Crippen LogP contribution in [0.2, 0.25) is 0 Å². The van der Waals surface area contributed by atoms with Crippen molar-refractivity contribution >= 4 is 5.91 Å². The number of carbonyl (C=O) groups is 1. The number of carbonyl (C=O) groups excluding carboxylic acids is 1. The monoisotopic (exact) mass is 306 g/mol. The number of nitrogens with zero attached hydrogens (tertiary/aromatic N) is 1. The van der Waals surface area contributed by atoms with Gasteiger partial charge in [-0.15, -0.1) is 0 Å². The molecule has 8 heteroatoms. The Morgan fingerprint density at radius 1 is 1.18 bits per heavy atom. The number of benzene rings is 1. The summed E-state index contributed by atoms with van der Waals surface area (Å²) in [6.07, 6.45) is 0. The SMILES string of the molecule is COc1cc(-c2n[nH]c(C)c2C(=O)NN)cc(OC)c1OC. The van der Waals surface area contributed by atoms with Crippen LogP contribution < -0.4 is 25.5 Å². The Labute approximate surface area is 127 Å². The Hall–Kier alpha value is -2.74. The lowest BCUT2D eigenvalue weighted by Crippen LogP contribution is -2.30. The van der Waals surface area contributed by atoms with Crippen molar-refractivity contribution in [1.29, 1.82) is 0 Å². The molecule has 2 aromatic rings. The standard InChI is InChI=1S/C14H18N4O4/c1-7-11(14(19)16-15)12(18-17-7)8-5-9(20-2)13(22-4)10(6-8)21-3/h5-6H,15H2,1-4H3,(H,16,19)(H,17,18). The normalized spacial score (nSPS) is 10.2. The van der Waals surface area contributed by atoms with E-state index in [1.807, 2.05) is 0 Å². The van der Waals surface area contributed by atoms with Gasteiger partial charge in [0, 0.05) is 11.3 Å². The van der Waals surface area contributed by atoms with Gasteiger partial charge in [-0.1, -0.05) is 0 Å². The number of amides is 1. The number of nitrogen functional groups attached to an aromatic ring is 1. The summed E-state index contributed by atoms with van der Waals surface area (Å²) < 4.78 is 15.9. The number of hydrogen-bond donors (Lipinski definition) is 3. The van der Waals surface area contributed by atoms with Crippen LogP contribution in [0.4, 0.5) is 0 Å². The fourth-order valence-corrected chi connectivity index (χ4v) is 2.21. The molecule has 0 atom stereocenters. The van der Waals surface area contributed by atoms with Gasteiger partial charge in [0.15, 0.2) is 11.5 Å². The van der Waals surface area contributed by atoms with Crippen molar-refractivity contribution in [2.24, 2.45) is 5.84 Å². The summed E-state index contributed by atoms with van der Waals surface area (Å²) in [7, 11) is 4.56. The Balaban J connectivity index is 2.66. The van der Waals surface area contributed by atoms with E-state index >= 15 is 0 Å². The van der Waals surface area contributed by atoms with Crippen LogP contribution in [0.3, 0.4) is 0 Å². The lowest BCUT2D eigenvalue weighted by molar-refractivity contribution is 0.0953. The molecule has 0 saturated carbocycles. The van der Waals surface area contributed by atoms with Crippen molar-refractivity contribution in [3.05, 3.63) is 23.4 Å². The van der Waals surface area contributed by atoms with Crippen LogP contribution in [-0.4, -0.2) is 37.4 Å². The molecule has 2 rings (SSSR count). The van der Waals surface area contributed by atoms with Crippen molar-refractivity contribution in [3.8, 4) is 28.5 Å². The lowest BCUT2D eigenvalue weighted by atomic mass is 10.0. The van der Waals surface area contributed by atoms with Crippen LogP contribution in [0.5, 0.6) is 17.2 Å². The van der Waals surface area contributed by atoms with E-state index in [1.165, 1.54) is 21.3 Å². The Kier molecular flexibility index (Phi) is 4.52. The Morgan fingerprint density at radius 3 is 2.23 bits per heavy atom.